The smallest absolute Gasteiger partial charge is 0.337 e. The lowest BCUT2D eigenvalue weighted by Gasteiger charge is -2.37. The molecule has 3 heterocycles. The number of carbonyl (C=O) groups is 2. The summed E-state index contributed by atoms with van der Waals surface area (Å²) < 4.78 is 38.8. The van der Waals surface area contributed by atoms with Gasteiger partial charge in [0.15, 0.2) is 0 Å². The minimum atomic E-state index is -4.49. The predicted molar refractivity (Wildman–Crippen MR) is 107 cm³/mol. The van der Waals surface area contributed by atoms with Crippen LogP contribution in [0, 0.1) is 0 Å². The molecular formula is C22H23F3N4O2. The highest BCUT2D eigenvalue weighted by Gasteiger charge is 2.38. The molecule has 2 fully saturated rings. The summed E-state index contributed by atoms with van der Waals surface area (Å²) in [4.78, 5) is 35.1. The third-order valence-electron chi connectivity index (χ3n) is 5.84. The van der Waals surface area contributed by atoms with E-state index in [1.54, 1.807) is 17.3 Å². The fraction of sp³-hybridized carbons (Fsp3) is 0.409. The van der Waals surface area contributed by atoms with Crippen LogP contribution in [0.5, 0.6) is 0 Å². The van der Waals surface area contributed by atoms with Gasteiger partial charge in [-0.15, -0.1) is 0 Å². The average Bonchev–Trinajstić information content (AvgIpc) is 3.13. The first-order chi connectivity index (χ1) is 14.8. The van der Waals surface area contributed by atoms with E-state index in [2.05, 4.69) is 9.88 Å². The number of hydrogen-bond acceptors (Lipinski definition) is 4. The number of amides is 2. The highest BCUT2D eigenvalue weighted by molar-refractivity contribution is 5.94. The molecule has 0 aliphatic carbocycles. The summed E-state index contributed by atoms with van der Waals surface area (Å²) in [6.07, 6.45) is -0.322. The molecule has 2 aromatic rings. The van der Waals surface area contributed by atoms with Gasteiger partial charge >= 0.3 is 6.18 Å². The number of aromatic nitrogens is 1. The normalized spacial score (nSPS) is 20.4. The monoisotopic (exact) mass is 432 g/mol. The highest BCUT2D eigenvalue weighted by Crippen LogP contribution is 2.30. The van der Waals surface area contributed by atoms with Crippen molar-refractivity contribution in [1.82, 2.24) is 19.7 Å². The molecule has 2 aliphatic heterocycles. The van der Waals surface area contributed by atoms with E-state index in [-0.39, 0.29) is 17.5 Å². The molecule has 1 unspecified atom stereocenters. The molecule has 2 amide bonds. The molecule has 0 N–H and O–H groups in total. The lowest BCUT2D eigenvalue weighted by Crippen LogP contribution is -2.53. The lowest BCUT2D eigenvalue weighted by molar-refractivity contribution is -0.137. The highest BCUT2D eigenvalue weighted by atomic mass is 19.4. The zero-order chi connectivity index (χ0) is 22.0. The van der Waals surface area contributed by atoms with Crippen LogP contribution in [-0.4, -0.2) is 70.3 Å². The molecule has 1 aromatic heterocycles. The molecule has 6 nitrogen and oxygen atoms in total. The summed E-state index contributed by atoms with van der Waals surface area (Å²) in [5.74, 6) is -0.344. The van der Waals surface area contributed by atoms with Gasteiger partial charge in [0.2, 0.25) is 5.91 Å². The van der Waals surface area contributed by atoms with E-state index in [9.17, 15) is 22.8 Å². The Kier molecular flexibility index (Phi) is 5.95. The number of nitrogens with zero attached hydrogens (tertiary/aromatic N) is 4. The van der Waals surface area contributed by atoms with E-state index in [4.69, 9.17) is 0 Å². The molecule has 1 aromatic carbocycles. The minimum Gasteiger partial charge on any atom is -0.337 e. The Hall–Kier alpha value is -2.94. The van der Waals surface area contributed by atoms with Gasteiger partial charge in [-0.05, 0) is 36.2 Å². The molecule has 0 radical (unpaired) electrons. The van der Waals surface area contributed by atoms with Crippen molar-refractivity contribution in [1.29, 1.82) is 0 Å². The summed E-state index contributed by atoms with van der Waals surface area (Å²) in [6.45, 7) is 2.98. The van der Waals surface area contributed by atoms with Crippen molar-refractivity contribution in [2.45, 2.75) is 25.2 Å². The number of hydrogen-bond donors (Lipinski definition) is 0. The molecule has 1 atom stereocenters. The Balaban J connectivity index is 1.34. The molecule has 31 heavy (non-hydrogen) atoms. The Morgan fingerprint density at radius 1 is 1.06 bits per heavy atom. The average molecular weight is 432 g/mol. The minimum absolute atomic E-state index is 0.0304. The molecular weight excluding hydrogens is 409 g/mol. The van der Waals surface area contributed by atoms with Crippen LogP contribution >= 0.6 is 0 Å². The zero-order valence-electron chi connectivity index (χ0n) is 16.9. The summed E-state index contributed by atoms with van der Waals surface area (Å²) in [5, 5.41) is 0. The number of halogens is 3. The van der Waals surface area contributed by atoms with Crippen LogP contribution in [0.2, 0.25) is 0 Å². The maximum atomic E-state index is 12.9. The van der Waals surface area contributed by atoms with Crippen LogP contribution in [0.1, 0.15) is 27.9 Å². The quantitative estimate of drug-likeness (QED) is 0.746. The van der Waals surface area contributed by atoms with Crippen LogP contribution in [0.3, 0.4) is 0 Å². The van der Waals surface area contributed by atoms with Gasteiger partial charge in [-0.2, -0.15) is 13.2 Å². The van der Waals surface area contributed by atoms with Gasteiger partial charge < -0.3 is 9.80 Å². The van der Waals surface area contributed by atoms with Crippen molar-refractivity contribution < 1.29 is 22.8 Å². The van der Waals surface area contributed by atoms with E-state index < -0.39 is 17.6 Å². The Labute approximate surface area is 178 Å². The first kappa shape index (κ1) is 21.3. The second kappa shape index (κ2) is 8.66. The van der Waals surface area contributed by atoms with Gasteiger partial charge in [-0.25, -0.2) is 0 Å². The maximum absolute atomic E-state index is 12.9. The van der Waals surface area contributed by atoms with E-state index in [1.807, 2.05) is 17.0 Å². The molecule has 0 spiro atoms. The van der Waals surface area contributed by atoms with Crippen LogP contribution in [-0.2, 0) is 17.5 Å². The van der Waals surface area contributed by atoms with Crippen molar-refractivity contribution in [3.05, 3.63) is 65.5 Å². The van der Waals surface area contributed by atoms with Crippen molar-refractivity contribution in [3.8, 4) is 0 Å². The SMILES string of the molecule is O=C(c1cccc(C(F)(F)F)c1)N1CCN(C2CCN(Cc3cccnc3)C2=O)CC1. The number of rotatable bonds is 4. The first-order valence-electron chi connectivity index (χ1n) is 10.2. The zero-order valence-corrected chi connectivity index (χ0v) is 16.9. The third-order valence-corrected chi connectivity index (χ3v) is 5.84. The number of piperazine rings is 1. The number of alkyl halides is 3. The summed E-state index contributed by atoms with van der Waals surface area (Å²) in [7, 11) is 0. The fourth-order valence-corrected chi connectivity index (χ4v) is 4.18. The second-order valence-electron chi connectivity index (χ2n) is 7.83. The van der Waals surface area contributed by atoms with E-state index >= 15 is 0 Å². The summed E-state index contributed by atoms with van der Waals surface area (Å²) in [5.41, 5.74) is 0.179. The topological polar surface area (TPSA) is 56.8 Å². The van der Waals surface area contributed by atoms with Crippen LogP contribution in [0.4, 0.5) is 13.2 Å². The summed E-state index contributed by atoms with van der Waals surface area (Å²) >= 11 is 0. The Morgan fingerprint density at radius 2 is 1.84 bits per heavy atom. The van der Waals surface area contributed by atoms with Crippen LogP contribution < -0.4 is 0 Å². The summed E-state index contributed by atoms with van der Waals surface area (Å²) in [6, 6.07) is 8.06. The first-order valence-corrected chi connectivity index (χ1v) is 10.2. The molecule has 2 aliphatic rings. The van der Waals surface area contributed by atoms with Gasteiger partial charge in [-0.3, -0.25) is 19.5 Å². The number of benzene rings is 1. The van der Waals surface area contributed by atoms with Gasteiger partial charge in [0.05, 0.1) is 11.6 Å². The van der Waals surface area contributed by atoms with Crippen molar-refractivity contribution in [3.63, 3.8) is 0 Å². The molecule has 0 bridgehead atoms. The molecule has 164 valence electrons. The van der Waals surface area contributed by atoms with Gasteiger partial charge in [-0.1, -0.05) is 12.1 Å². The second-order valence-corrected chi connectivity index (χ2v) is 7.83. The standard InChI is InChI=1S/C22H23F3N4O2/c23-22(24,25)18-5-1-4-17(13-18)20(30)28-11-9-27(10-12-28)19-6-8-29(21(19)31)15-16-3-2-7-26-14-16/h1-5,7,13-14,19H,6,8-12,15H2. The van der Waals surface area contributed by atoms with Gasteiger partial charge in [0.25, 0.3) is 5.91 Å². The molecule has 9 heteroatoms. The largest absolute Gasteiger partial charge is 0.416 e. The van der Waals surface area contributed by atoms with Crippen LogP contribution in [0.15, 0.2) is 48.8 Å². The van der Waals surface area contributed by atoms with E-state index in [0.717, 1.165) is 24.1 Å². The lowest BCUT2D eigenvalue weighted by atomic mass is 10.1. The third kappa shape index (κ3) is 4.71. The Morgan fingerprint density at radius 3 is 2.52 bits per heavy atom. The molecule has 0 saturated carbocycles. The fourth-order valence-electron chi connectivity index (χ4n) is 4.18. The van der Waals surface area contributed by atoms with E-state index in [0.29, 0.717) is 39.3 Å². The maximum Gasteiger partial charge on any atom is 0.416 e. The number of carbonyl (C=O) groups excluding carboxylic acids is 2. The number of likely N-dealkylation sites (tertiary alicyclic amines) is 1. The predicted octanol–water partition coefficient (Wildman–Crippen LogP) is 2.66. The molecule has 4 rings (SSSR count). The molecule has 2 saturated heterocycles. The van der Waals surface area contributed by atoms with Crippen molar-refractivity contribution in [2.24, 2.45) is 0 Å². The van der Waals surface area contributed by atoms with Gasteiger partial charge in [0.1, 0.15) is 0 Å². The van der Waals surface area contributed by atoms with Crippen LogP contribution in [0.25, 0.3) is 0 Å². The number of pyridine rings is 1. The van der Waals surface area contributed by atoms with Crippen molar-refractivity contribution in [2.75, 3.05) is 32.7 Å². The van der Waals surface area contributed by atoms with Gasteiger partial charge in [0, 0.05) is 57.2 Å². The van der Waals surface area contributed by atoms with Crippen molar-refractivity contribution >= 4 is 11.8 Å². The van der Waals surface area contributed by atoms with E-state index in [1.165, 1.54) is 12.1 Å². The Bertz CT molecular complexity index is 943.